The molecule has 0 unspecified atom stereocenters. The van der Waals surface area contributed by atoms with Crippen molar-refractivity contribution in [1.82, 2.24) is 0 Å². The predicted octanol–water partition coefficient (Wildman–Crippen LogP) is 2.31. The Balaban J connectivity index is 2.24. The zero-order valence-corrected chi connectivity index (χ0v) is 9.79. The van der Waals surface area contributed by atoms with Crippen molar-refractivity contribution < 1.29 is 0 Å². The first-order valence-electron chi connectivity index (χ1n) is 5.99. The zero-order chi connectivity index (χ0) is 11.4. The van der Waals surface area contributed by atoms with Crippen LogP contribution in [0.5, 0.6) is 0 Å². The first kappa shape index (κ1) is 11.0. The predicted molar refractivity (Wildman–Crippen MR) is 68.9 cm³/mol. The minimum atomic E-state index is 0.515. The minimum Gasteiger partial charge on any atom is -0.370 e. The molecule has 86 valence electrons. The molecule has 0 atom stereocenters. The molecule has 3 N–H and O–H groups in total. The lowest BCUT2D eigenvalue weighted by atomic mass is 9.90. The van der Waals surface area contributed by atoms with E-state index in [1.165, 1.54) is 30.4 Å². The van der Waals surface area contributed by atoms with Crippen LogP contribution >= 0.6 is 0 Å². The summed E-state index contributed by atoms with van der Waals surface area (Å²) in [6, 6.07) is 6.39. The van der Waals surface area contributed by atoms with Crippen molar-refractivity contribution >= 4 is 11.6 Å². The minimum absolute atomic E-state index is 0.515. The van der Waals surface area contributed by atoms with Gasteiger partial charge in [0.1, 0.15) is 0 Å². The summed E-state index contributed by atoms with van der Waals surface area (Å²) in [7, 11) is 0. The van der Waals surface area contributed by atoms with E-state index in [9.17, 15) is 0 Å². The molecule has 0 radical (unpaired) electrons. The van der Waals surface area contributed by atoms with E-state index in [1.807, 2.05) is 6.92 Å². The number of nitrogens with one attached hydrogen (secondary N) is 1. The number of benzene rings is 1. The normalized spacial score (nSPS) is 15.7. The molecular formula is C13H19N3. The Morgan fingerprint density at radius 2 is 2.19 bits per heavy atom. The van der Waals surface area contributed by atoms with Gasteiger partial charge in [0.2, 0.25) is 0 Å². The van der Waals surface area contributed by atoms with Crippen molar-refractivity contribution in [3.63, 3.8) is 0 Å². The smallest absolute Gasteiger partial charge is 0.193 e. The number of hydrogen-bond acceptors (Lipinski definition) is 1. The van der Waals surface area contributed by atoms with Gasteiger partial charge in [-0.05, 0) is 49.8 Å². The van der Waals surface area contributed by atoms with E-state index in [-0.39, 0.29) is 0 Å². The molecule has 0 fully saturated rings. The number of nitrogens with two attached hydrogens (primary N) is 1. The summed E-state index contributed by atoms with van der Waals surface area (Å²) in [5, 5.41) is 3.20. The quantitative estimate of drug-likeness (QED) is 0.590. The van der Waals surface area contributed by atoms with Gasteiger partial charge in [-0.3, -0.25) is 4.99 Å². The zero-order valence-electron chi connectivity index (χ0n) is 9.79. The number of rotatable bonds is 2. The van der Waals surface area contributed by atoms with Gasteiger partial charge >= 0.3 is 0 Å². The van der Waals surface area contributed by atoms with Crippen LogP contribution in [-0.2, 0) is 12.8 Å². The maximum Gasteiger partial charge on any atom is 0.193 e. The molecule has 0 saturated heterocycles. The first-order valence-corrected chi connectivity index (χ1v) is 5.99. The van der Waals surface area contributed by atoms with Crippen molar-refractivity contribution in [3.8, 4) is 0 Å². The Hall–Kier alpha value is -1.51. The Bertz CT molecular complexity index is 396. The molecule has 0 aromatic heterocycles. The van der Waals surface area contributed by atoms with Gasteiger partial charge < -0.3 is 11.1 Å². The van der Waals surface area contributed by atoms with Gasteiger partial charge in [-0.1, -0.05) is 12.1 Å². The number of hydrogen-bond donors (Lipinski definition) is 2. The van der Waals surface area contributed by atoms with Crippen LogP contribution in [0.4, 0.5) is 5.69 Å². The van der Waals surface area contributed by atoms with Gasteiger partial charge in [-0.15, -0.1) is 0 Å². The molecule has 0 amide bonds. The molecule has 1 aromatic rings. The fourth-order valence-corrected chi connectivity index (χ4v) is 2.25. The molecule has 1 aliphatic carbocycles. The van der Waals surface area contributed by atoms with Gasteiger partial charge in [-0.2, -0.15) is 0 Å². The number of aliphatic imine (C=N–C) groups is 1. The van der Waals surface area contributed by atoms with Crippen LogP contribution in [0.1, 0.15) is 30.9 Å². The van der Waals surface area contributed by atoms with E-state index in [2.05, 4.69) is 28.5 Å². The summed E-state index contributed by atoms with van der Waals surface area (Å²) in [4.78, 5) is 4.15. The van der Waals surface area contributed by atoms with Crippen molar-refractivity contribution in [1.29, 1.82) is 0 Å². The second-order valence-corrected chi connectivity index (χ2v) is 4.13. The third-order valence-electron chi connectivity index (χ3n) is 2.99. The van der Waals surface area contributed by atoms with E-state index in [0.29, 0.717) is 12.5 Å². The maximum absolute atomic E-state index is 5.79. The average molecular weight is 217 g/mol. The molecule has 3 heteroatoms. The molecule has 2 rings (SSSR count). The Kier molecular flexibility index (Phi) is 3.44. The molecule has 0 bridgehead atoms. The summed E-state index contributed by atoms with van der Waals surface area (Å²) in [6.45, 7) is 2.70. The van der Waals surface area contributed by atoms with Gasteiger partial charge in [0.25, 0.3) is 0 Å². The lowest BCUT2D eigenvalue weighted by molar-refractivity contribution is 0.687. The Morgan fingerprint density at radius 1 is 1.38 bits per heavy atom. The molecule has 1 aromatic carbocycles. The third kappa shape index (κ3) is 2.35. The van der Waals surface area contributed by atoms with Crippen molar-refractivity contribution in [2.75, 3.05) is 11.9 Å². The summed E-state index contributed by atoms with van der Waals surface area (Å²) in [5.74, 6) is 0.515. The van der Waals surface area contributed by atoms with Crippen molar-refractivity contribution in [2.24, 2.45) is 10.7 Å². The topological polar surface area (TPSA) is 50.4 Å². The van der Waals surface area contributed by atoms with Gasteiger partial charge in [0.05, 0.1) is 0 Å². The fourth-order valence-electron chi connectivity index (χ4n) is 2.25. The average Bonchev–Trinajstić information content (AvgIpc) is 2.30. The second-order valence-electron chi connectivity index (χ2n) is 4.13. The van der Waals surface area contributed by atoms with Crippen LogP contribution in [0.3, 0.4) is 0 Å². The highest BCUT2D eigenvalue weighted by molar-refractivity contribution is 5.93. The fraction of sp³-hybridized carbons (Fsp3) is 0.462. The van der Waals surface area contributed by atoms with Gasteiger partial charge in [0, 0.05) is 12.2 Å². The summed E-state index contributed by atoms with van der Waals surface area (Å²) in [5.41, 5.74) is 9.80. The van der Waals surface area contributed by atoms with E-state index in [1.54, 1.807) is 0 Å². The highest BCUT2D eigenvalue weighted by Gasteiger charge is 2.12. The monoisotopic (exact) mass is 217 g/mol. The van der Waals surface area contributed by atoms with Crippen molar-refractivity contribution in [2.45, 2.75) is 32.6 Å². The second kappa shape index (κ2) is 5.01. The molecular weight excluding hydrogens is 198 g/mol. The van der Waals surface area contributed by atoms with Crippen molar-refractivity contribution in [3.05, 3.63) is 29.3 Å². The number of nitrogens with zero attached hydrogens (tertiary/aromatic N) is 1. The highest BCUT2D eigenvalue weighted by atomic mass is 15.1. The molecule has 3 nitrogen and oxygen atoms in total. The van der Waals surface area contributed by atoms with Crippen LogP contribution in [0.15, 0.2) is 23.2 Å². The molecule has 0 aliphatic heterocycles. The van der Waals surface area contributed by atoms with Crippen LogP contribution in [0.2, 0.25) is 0 Å². The SMILES string of the molecule is CCN=C(N)Nc1cccc2c1CCCC2. The molecule has 0 saturated carbocycles. The van der Waals surface area contributed by atoms with Crippen LogP contribution in [0, 0.1) is 0 Å². The molecule has 0 spiro atoms. The summed E-state index contributed by atoms with van der Waals surface area (Å²) in [6.07, 6.45) is 4.92. The van der Waals surface area contributed by atoms with Crippen LogP contribution in [0.25, 0.3) is 0 Å². The van der Waals surface area contributed by atoms with Gasteiger partial charge in [-0.25, -0.2) is 0 Å². The Labute approximate surface area is 96.8 Å². The number of aryl methyl sites for hydroxylation is 1. The largest absolute Gasteiger partial charge is 0.370 e. The number of fused-ring (bicyclic) bond motifs is 1. The Morgan fingerprint density at radius 3 is 3.00 bits per heavy atom. The lowest BCUT2D eigenvalue weighted by Crippen LogP contribution is -2.24. The van der Waals surface area contributed by atoms with Crippen LogP contribution in [-0.4, -0.2) is 12.5 Å². The van der Waals surface area contributed by atoms with Crippen LogP contribution < -0.4 is 11.1 Å². The number of guanidine groups is 1. The molecule has 0 heterocycles. The molecule has 16 heavy (non-hydrogen) atoms. The van der Waals surface area contributed by atoms with Gasteiger partial charge in [0.15, 0.2) is 5.96 Å². The molecule has 1 aliphatic rings. The first-order chi connectivity index (χ1) is 7.81. The highest BCUT2D eigenvalue weighted by Crippen LogP contribution is 2.27. The van der Waals surface area contributed by atoms with E-state index in [0.717, 1.165) is 12.1 Å². The van der Waals surface area contributed by atoms with E-state index in [4.69, 9.17) is 5.73 Å². The summed E-state index contributed by atoms with van der Waals surface area (Å²) < 4.78 is 0. The standard InChI is InChI=1S/C13H19N3/c1-2-15-13(14)16-12-9-5-7-10-6-3-4-8-11(10)12/h5,7,9H,2-4,6,8H2,1H3,(H3,14,15,16). The van der Waals surface area contributed by atoms with E-state index >= 15 is 0 Å². The lowest BCUT2D eigenvalue weighted by Gasteiger charge is -2.19. The van der Waals surface area contributed by atoms with E-state index < -0.39 is 0 Å². The summed E-state index contributed by atoms with van der Waals surface area (Å²) >= 11 is 0. The number of anilines is 1. The maximum atomic E-state index is 5.79. The third-order valence-corrected chi connectivity index (χ3v) is 2.99.